The molecule has 4 aliphatic rings. The van der Waals surface area contributed by atoms with E-state index in [1.54, 1.807) is 10.5 Å². The smallest absolute Gasteiger partial charge is 0.410 e. The number of ether oxygens (including phenoxy) is 2. The summed E-state index contributed by atoms with van der Waals surface area (Å²) in [5, 5.41) is 0.228. The molecule has 5 rings (SSSR count). The van der Waals surface area contributed by atoms with Crippen LogP contribution in [0.25, 0.3) is 5.57 Å². The number of amides is 1. The van der Waals surface area contributed by atoms with Gasteiger partial charge in [-0.05, 0) is 144 Å². The van der Waals surface area contributed by atoms with Crippen molar-refractivity contribution in [3.63, 3.8) is 0 Å². The predicted octanol–water partition coefficient (Wildman–Crippen LogP) is 8.14. The number of carbonyl (C=O) groups is 1. The van der Waals surface area contributed by atoms with Crippen molar-refractivity contribution in [1.82, 2.24) is 9.80 Å². The molecule has 1 amide bonds. The second-order valence-electron chi connectivity index (χ2n) is 16.6. The molecule has 1 unspecified atom stereocenters. The Morgan fingerprint density at radius 2 is 1.67 bits per heavy atom. The van der Waals surface area contributed by atoms with Crippen molar-refractivity contribution in [2.75, 3.05) is 32.8 Å². The summed E-state index contributed by atoms with van der Waals surface area (Å²) < 4.78 is 18.8. The van der Waals surface area contributed by atoms with Gasteiger partial charge in [-0.1, -0.05) is 32.9 Å². The van der Waals surface area contributed by atoms with Crippen molar-refractivity contribution in [3.8, 4) is 0 Å². The van der Waals surface area contributed by atoms with Crippen LogP contribution in [0.3, 0.4) is 0 Å². The fourth-order valence-corrected chi connectivity index (χ4v) is 8.76. The van der Waals surface area contributed by atoms with Crippen LogP contribution in [-0.2, 0) is 13.9 Å². The first-order valence-electron chi connectivity index (χ1n) is 16.7. The lowest BCUT2D eigenvalue weighted by Crippen LogP contribution is -2.64. The van der Waals surface area contributed by atoms with Gasteiger partial charge in [-0.3, -0.25) is 4.90 Å². The molecule has 0 aromatic heterocycles. The Labute approximate surface area is 262 Å². The maximum atomic E-state index is 12.5. The highest BCUT2D eigenvalue weighted by Gasteiger charge is 2.53. The Balaban J connectivity index is 1.22. The molecule has 3 heterocycles. The number of aryl methyl sites for hydroxylation is 1. The predicted molar refractivity (Wildman–Crippen MR) is 178 cm³/mol. The summed E-state index contributed by atoms with van der Waals surface area (Å²) in [5.41, 5.74) is 8.24. The first-order valence-corrected chi connectivity index (χ1v) is 19.6. The zero-order chi connectivity index (χ0) is 31.5. The number of piperidine rings is 1. The molecule has 3 aliphatic heterocycles. The van der Waals surface area contributed by atoms with E-state index in [1.807, 2.05) is 20.8 Å². The molecule has 1 aliphatic carbocycles. The number of hydrogen-bond acceptors (Lipinski definition) is 5. The molecule has 240 valence electrons. The van der Waals surface area contributed by atoms with E-state index < -0.39 is 13.9 Å². The van der Waals surface area contributed by atoms with E-state index in [9.17, 15) is 4.79 Å². The van der Waals surface area contributed by atoms with Gasteiger partial charge in [0.1, 0.15) is 11.2 Å². The number of nitrogens with zero attached hydrogens (tertiary/aromatic N) is 2. The third-order valence-electron chi connectivity index (χ3n) is 11.1. The van der Waals surface area contributed by atoms with Crippen molar-refractivity contribution < 1.29 is 18.7 Å². The molecule has 2 atom stereocenters. The Kier molecular flexibility index (Phi) is 8.82. The van der Waals surface area contributed by atoms with Crippen molar-refractivity contribution in [1.29, 1.82) is 0 Å². The van der Waals surface area contributed by atoms with Crippen LogP contribution in [0.15, 0.2) is 12.1 Å². The summed E-state index contributed by atoms with van der Waals surface area (Å²) >= 11 is 0. The summed E-state index contributed by atoms with van der Waals surface area (Å²) in [5.74, 6) is 0.577. The molecule has 3 saturated heterocycles. The van der Waals surface area contributed by atoms with Gasteiger partial charge in [0.15, 0.2) is 8.32 Å². The van der Waals surface area contributed by atoms with Gasteiger partial charge in [-0.15, -0.1) is 0 Å². The SMILES string of the molecule is Cc1cc(C2CCN([C@@H]3COC4(C3)CN(C(=O)OC(C)(C)C)C4)CC2)c(C2=CCC(O[Si](C)(C)C(C)(C)C)C2)c(C)c1C. The van der Waals surface area contributed by atoms with Gasteiger partial charge < -0.3 is 18.8 Å². The molecule has 0 N–H and O–H groups in total. The number of hydrogen-bond donors (Lipinski definition) is 0. The third-order valence-corrected chi connectivity index (χ3v) is 15.7. The normalized spacial score (nSPS) is 25.3. The van der Waals surface area contributed by atoms with E-state index in [1.165, 1.54) is 40.7 Å². The molecule has 0 saturated carbocycles. The molecule has 1 spiro atoms. The fourth-order valence-electron chi connectivity index (χ4n) is 7.39. The highest BCUT2D eigenvalue weighted by Crippen LogP contribution is 2.45. The van der Waals surface area contributed by atoms with E-state index in [0.29, 0.717) is 31.2 Å². The average molecular weight is 611 g/mol. The average Bonchev–Trinajstić information content (AvgIpc) is 3.52. The van der Waals surface area contributed by atoms with Crippen molar-refractivity contribution in [3.05, 3.63) is 40.0 Å². The largest absolute Gasteiger partial charge is 0.444 e. The van der Waals surface area contributed by atoms with Crippen LogP contribution in [0.2, 0.25) is 18.1 Å². The molecule has 7 heteroatoms. The first kappa shape index (κ1) is 32.7. The zero-order valence-corrected chi connectivity index (χ0v) is 30.0. The lowest BCUT2D eigenvalue weighted by Gasteiger charge is -2.47. The summed E-state index contributed by atoms with van der Waals surface area (Å²) in [6.07, 6.45) is 8.00. The molecule has 3 fully saturated rings. The van der Waals surface area contributed by atoms with E-state index in [2.05, 4.69) is 71.7 Å². The maximum Gasteiger partial charge on any atom is 0.410 e. The summed E-state index contributed by atoms with van der Waals surface area (Å²) in [6.45, 7) is 28.7. The van der Waals surface area contributed by atoms with E-state index in [-0.39, 0.29) is 16.7 Å². The second kappa shape index (κ2) is 11.6. The number of likely N-dealkylation sites (tertiary alicyclic amines) is 2. The van der Waals surface area contributed by atoms with Crippen molar-refractivity contribution in [2.45, 2.75) is 142 Å². The van der Waals surface area contributed by atoms with Gasteiger partial charge in [-0.25, -0.2) is 4.79 Å². The van der Waals surface area contributed by atoms with Crippen LogP contribution in [-0.4, -0.2) is 80.3 Å². The minimum atomic E-state index is -1.80. The Morgan fingerprint density at radius 3 is 2.28 bits per heavy atom. The number of benzene rings is 1. The van der Waals surface area contributed by atoms with Crippen molar-refractivity contribution >= 4 is 20.0 Å². The van der Waals surface area contributed by atoms with E-state index in [4.69, 9.17) is 13.9 Å². The third kappa shape index (κ3) is 6.80. The van der Waals surface area contributed by atoms with Gasteiger partial charge in [0.2, 0.25) is 0 Å². The van der Waals surface area contributed by atoms with Gasteiger partial charge in [-0.2, -0.15) is 0 Å². The molecule has 0 bridgehead atoms. The molecule has 43 heavy (non-hydrogen) atoms. The van der Waals surface area contributed by atoms with Crippen LogP contribution in [0, 0.1) is 20.8 Å². The van der Waals surface area contributed by atoms with E-state index >= 15 is 0 Å². The first-order chi connectivity index (χ1) is 19.9. The van der Waals surface area contributed by atoms with Gasteiger partial charge in [0.05, 0.1) is 25.8 Å². The summed E-state index contributed by atoms with van der Waals surface area (Å²) in [7, 11) is -1.80. The maximum absolute atomic E-state index is 12.5. The molecule has 6 nitrogen and oxygen atoms in total. The van der Waals surface area contributed by atoms with Gasteiger partial charge in [0.25, 0.3) is 0 Å². The Hall–Kier alpha value is -1.67. The highest BCUT2D eigenvalue weighted by molar-refractivity contribution is 6.74. The van der Waals surface area contributed by atoms with Crippen LogP contribution < -0.4 is 0 Å². The molecular formula is C36H58N2O4Si. The molecular weight excluding hydrogens is 552 g/mol. The lowest BCUT2D eigenvalue weighted by atomic mass is 9.79. The monoisotopic (exact) mass is 610 g/mol. The van der Waals surface area contributed by atoms with Crippen LogP contribution in [0.1, 0.15) is 107 Å². The Bertz CT molecular complexity index is 1240. The highest BCUT2D eigenvalue weighted by atomic mass is 28.4. The fraction of sp³-hybridized carbons (Fsp3) is 0.750. The molecule has 0 radical (unpaired) electrons. The standard InChI is InChI=1S/C36H58N2O4Si/c1-24-18-31(32(26(3)25(24)2)28-12-13-30(19-28)42-43(10,11)35(7,8)9)27-14-16-37(17-15-27)29-20-36(40-21-29)22-38(23-36)33(39)41-34(4,5)6/h12,18,27,29-30H,13-17,19-23H2,1-11H3/t29-,30?/m0/s1. The van der Waals surface area contributed by atoms with Crippen molar-refractivity contribution in [2.24, 2.45) is 0 Å². The number of rotatable bonds is 5. The van der Waals surface area contributed by atoms with Crippen LogP contribution in [0.5, 0.6) is 0 Å². The quantitative estimate of drug-likeness (QED) is 0.315. The minimum absolute atomic E-state index is 0.186. The summed E-state index contributed by atoms with van der Waals surface area (Å²) in [6, 6.07) is 2.95. The van der Waals surface area contributed by atoms with Crippen LogP contribution in [0.4, 0.5) is 4.79 Å². The number of carbonyl (C=O) groups excluding carboxylic acids is 1. The topological polar surface area (TPSA) is 51.2 Å². The van der Waals surface area contributed by atoms with Gasteiger partial charge >= 0.3 is 6.09 Å². The summed E-state index contributed by atoms with van der Waals surface area (Å²) in [4.78, 5) is 16.9. The van der Waals surface area contributed by atoms with Gasteiger partial charge in [0, 0.05) is 6.04 Å². The Morgan fingerprint density at radius 1 is 1.02 bits per heavy atom. The minimum Gasteiger partial charge on any atom is -0.444 e. The zero-order valence-electron chi connectivity index (χ0n) is 29.0. The molecule has 1 aromatic rings. The van der Waals surface area contributed by atoms with Crippen LogP contribution >= 0.6 is 0 Å². The second-order valence-corrected chi connectivity index (χ2v) is 21.3. The molecule has 1 aromatic carbocycles. The van der Waals surface area contributed by atoms with E-state index in [0.717, 1.165) is 39.0 Å². The lowest BCUT2D eigenvalue weighted by molar-refractivity contribution is -0.109.